The molecule has 2 aromatic carbocycles. The number of aromatic nitrogens is 4. The van der Waals surface area contributed by atoms with Crippen molar-refractivity contribution in [2.24, 2.45) is 0 Å². The largest absolute Gasteiger partial charge is 0.381 e. The number of aliphatic hydroxyl groups is 1. The predicted octanol–water partition coefficient (Wildman–Crippen LogP) is 6.85. The van der Waals surface area contributed by atoms with Gasteiger partial charge in [0.25, 0.3) is 0 Å². The van der Waals surface area contributed by atoms with Crippen LogP contribution in [0, 0.1) is 10.1 Å². The Morgan fingerprint density at radius 3 is 1.80 bits per heavy atom. The number of hydrogen-bond acceptors (Lipinski definition) is 8. The van der Waals surface area contributed by atoms with Crippen molar-refractivity contribution in [3.8, 4) is 22.5 Å². The van der Waals surface area contributed by atoms with E-state index in [0.717, 1.165) is 42.8 Å². The van der Waals surface area contributed by atoms with Crippen LogP contribution in [0.2, 0.25) is 51.4 Å². The van der Waals surface area contributed by atoms with Gasteiger partial charge in [-0.2, -0.15) is 0 Å². The molecular weight excluding hydrogens is 619 g/mol. The van der Waals surface area contributed by atoms with E-state index in [4.69, 9.17) is 9.47 Å². The van der Waals surface area contributed by atoms with Crippen LogP contribution in [0.1, 0.15) is 22.0 Å². The zero-order chi connectivity index (χ0) is 33.7. The summed E-state index contributed by atoms with van der Waals surface area (Å²) in [5.74, 6) is 0. The highest BCUT2D eigenvalue weighted by molar-refractivity contribution is 6.76. The molecule has 4 aromatic rings. The molecule has 0 bridgehead atoms. The molecule has 0 saturated carbocycles. The highest BCUT2D eigenvalue weighted by Crippen LogP contribution is 2.27. The van der Waals surface area contributed by atoms with Crippen molar-refractivity contribution in [3.05, 3.63) is 94.8 Å². The number of nitro groups is 1. The van der Waals surface area contributed by atoms with E-state index < -0.39 is 33.7 Å². The van der Waals surface area contributed by atoms with Crippen LogP contribution < -0.4 is 0 Å². The van der Waals surface area contributed by atoms with Crippen LogP contribution in [0.25, 0.3) is 22.5 Å². The van der Waals surface area contributed by atoms with Gasteiger partial charge < -0.3 is 23.7 Å². The summed E-state index contributed by atoms with van der Waals surface area (Å²) >= 11 is 0. The Morgan fingerprint density at radius 1 is 0.826 bits per heavy atom. The second-order valence-corrected chi connectivity index (χ2v) is 24.8. The van der Waals surface area contributed by atoms with Crippen LogP contribution in [-0.2, 0) is 22.9 Å². The summed E-state index contributed by atoms with van der Waals surface area (Å²) in [6.45, 7) is 15.8. The molecule has 2 heterocycles. The molecule has 0 amide bonds. The van der Waals surface area contributed by atoms with E-state index in [9.17, 15) is 20.0 Å². The van der Waals surface area contributed by atoms with Crippen molar-refractivity contribution in [2.45, 2.75) is 70.9 Å². The molecule has 0 fully saturated rings. The van der Waals surface area contributed by atoms with Gasteiger partial charge in [-0.05, 0) is 17.7 Å². The third-order valence-corrected chi connectivity index (χ3v) is 10.4. The summed E-state index contributed by atoms with van der Waals surface area (Å²) < 4.78 is 15.1. The van der Waals surface area contributed by atoms with Crippen LogP contribution >= 0.6 is 0 Å². The molecular formula is C33H47N5O6Si2. The van der Waals surface area contributed by atoms with Gasteiger partial charge in [-0.25, -0.2) is 9.97 Å². The average molecular weight is 666 g/mol. The molecule has 248 valence electrons. The van der Waals surface area contributed by atoms with Gasteiger partial charge in [0, 0.05) is 63.4 Å². The number of aliphatic hydroxyl groups excluding tert-OH is 1. The van der Waals surface area contributed by atoms with Crippen molar-refractivity contribution in [2.75, 3.05) is 19.8 Å². The maximum atomic E-state index is 11.1. The smallest absolute Gasteiger partial charge is 0.233 e. The quantitative estimate of drug-likeness (QED) is 0.0452. The minimum atomic E-state index is -1.16. The summed E-state index contributed by atoms with van der Waals surface area (Å²) in [6.07, 6.45) is 6.85. The number of rotatable bonds is 16. The normalized spacial score (nSPS) is 12.3. The maximum Gasteiger partial charge on any atom is 0.233 e. The van der Waals surface area contributed by atoms with Crippen molar-refractivity contribution >= 4 is 22.4 Å². The van der Waals surface area contributed by atoms with Crippen molar-refractivity contribution in [1.82, 2.24) is 19.1 Å². The fraction of sp³-hybridized carbons (Fsp3) is 0.424. The Hall–Kier alpha value is -3.76. The molecule has 46 heavy (non-hydrogen) atoms. The second kappa shape index (κ2) is 17.2. The molecule has 0 saturated heterocycles. The minimum absolute atomic E-state index is 0.414. The number of carbonyl (C=O) groups excluding carboxylic acids is 1. The van der Waals surface area contributed by atoms with E-state index in [1.54, 1.807) is 36.9 Å². The number of benzene rings is 2. The number of ether oxygens (including phenoxy) is 2. The first-order valence-corrected chi connectivity index (χ1v) is 22.8. The molecule has 2 aromatic heterocycles. The van der Waals surface area contributed by atoms with Gasteiger partial charge in [0.2, 0.25) is 6.54 Å². The SMILES string of the molecule is C[Si](C)(C)CCOCn1cnc(-c2ccccc2C(O)C[N+](=O)[O-])c1.C[Si](C)(C)CCOCn1cnc(-c2ccccc2C=O)c1. The molecule has 1 unspecified atom stereocenters. The first-order chi connectivity index (χ1) is 21.8. The zero-order valence-corrected chi connectivity index (χ0v) is 29.8. The molecule has 0 aliphatic heterocycles. The van der Waals surface area contributed by atoms with Gasteiger partial charge in [-0.1, -0.05) is 87.8 Å². The first-order valence-electron chi connectivity index (χ1n) is 15.4. The minimum Gasteiger partial charge on any atom is -0.381 e. The van der Waals surface area contributed by atoms with Gasteiger partial charge in [0.15, 0.2) is 6.29 Å². The Kier molecular flexibility index (Phi) is 13.8. The van der Waals surface area contributed by atoms with E-state index in [0.29, 0.717) is 35.8 Å². The standard InChI is InChI=1S/C17H25N3O4Si.C16H22N2O2Si/c1-25(2,3)9-8-24-13-19-10-16(18-12-19)14-6-4-5-7-15(14)17(21)11-20(22)23;1-21(2,3)9-8-20-13-18-10-16(17-12-18)15-7-5-4-6-14(15)11-19/h4-7,10,12,17,21H,8-9,11,13H2,1-3H3;4-7,10-12H,8-9,13H2,1-3H3. The number of aldehydes is 1. The fourth-order valence-electron chi connectivity index (χ4n) is 4.33. The van der Waals surface area contributed by atoms with Crippen LogP contribution in [-0.4, -0.2) is 71.3 Å². The van der Waals surface area contributed by atoms with E-state index >= 15 is 0 Å². The molecule has 1 atom stereocenters. The Bertz CT molecular complexity index is 1540. The molecule has 0 aliphatic rings. The third-order valence-electron chi connectivity index (χ3n) is 7.02. The van der Waals surface area contributed by atoms with Gasteiger partial charge in [0.1, 0.15) is 19.6 Å². The van der Waals surface area contributed by atoms with Crippen molar-refractivity contribution < 1.29 is 24.3 Å². The van der Waals surface area contributed by atoms with Gasteiger partial charge in [0.05, 0.1) is 24.0 Å². The maximum absolute atomic E-state index is 11.1. The Morgan fingerprint density at radius 2 is 1.30 bits per heavy atom. The Labute approximate surface area is 273 Å². The number of hydrogen-bond donors (Lipinski definition) is 1. The van der Waals surface area contributed by atoms with Gasteiger partial charge in [-0.3, -0.25) is 14.9 Å². The highest BCUT2D eigenvalue weighted by atomic mass is 28.3. The van der Waals surface area contributed by atoms with Gasteiger partial charge in [-0.15, -0.1) is 0 Å². The van der Waals surface area contributed by atoms with Gasteiger partial charge >= 0.3 is 0 Å². The van der Waals surface area contributed by atoms with E-state index in [-0.39, 0.29) is 0 Å². The van der Waals surface area contributed by atoms with E-state index in [2.05, 4.69) is 49.3 Å². The number of imidazole rings is 2. The summed E-state index contributed by atoms with van der Waals surface area (Å²) in [6, 6.07) is 16.8. The molecule has 1 N–H and O–H groups in total. The zero-order valence-electron chi connectivity index (χ0n) is 27.8. The molecule has 0 spiro atoms. The molecule has 0 aliphatic carbocycles. The molecule has 4 rings (SSSR count). The number of carbonyl (C=O) groups is 1. The average Bonchev–Trinajstić information content (AvgIpc) is 3.67. The van der Waals surface area contributed by atoms with Crippen LogP contribution in [0.5, 0.6) is 0 Å². The summed E-state index contributed by atoms with van der Waals surface area (Å²) in [5.41, 5.74) is 4.16. The second-order valence-electron chi connectivity index (χ2n) is 13.6. The van der Waals surface area contributed by atoms with Crippen molar-refractivity contribution in [1.29, 1.82) is 0 Å². The lowest BCUT2D eigenvalue weighted by Gasteiger charge is -2.15. The lowest BCUT2D eigenvalue weighted by atomic mass is 10.0. The third kappa shape index (κ3) is 12.6. The van der Waals surface area contributed by atoms with Crippen molar-refractivity contribution in [3.63, 3.8) is 0 Å². The highest BCUT2D eigenvalue weighted by Gasteiger charge is 2.19. The Balaban J connectivity index is 0.000000254. The fourth-order valence-corrected chi connectivity index (χ4v) is 5.84. The van der Waals surface area contributed by atoms with Crippen LogP contribution in [0.4, 0.5) is 0 Å². The monoisotopic (exact) mass is 665 g/mol. The predicted molar refractivity (Wildman–Crippen MR) is 186 cm³/mol. The topological polar surface area (TPSA) is 135 Å². The number of nitrogens with zero attached hydrogens (tertiary/aromatic N) is 5. The lowest BCUT2D eigenvalue weighted by molar-refractivity contribution is -0.491. The molecule has 11 nitrogen and oxygen atoms in total. The summed E-state index contributed by atoms with van der Waals surface area (Å²) in [4.78, 5) is 29.9. The lowest BCUT2D eigenvalue weighted by Crippen LogP contribution is -2.21. The van der Waals surface area contributed by atoms with Crippen LogP contribution in [0.15, 0.2) is 73.6 Å². The van der Waals surface area contributed by atoms with Crippen LogP contribution in [0.3, 0.4) is 0 Å². The summed E-state index contributed by atoms with van der Waals surface area (Å²) in [7, 11) is -2.15. The summed E-state index contributed by atoms with van der Waals surface area (Å²) in [5, 5.41) is 20.8. The van der Waals surface area contributed by atoms with E-state index in [1.807, 2.05) is 45.8 Å². The molecule has 13 heteroatoms. The van der Waals surface area contributed by atoms with E-state index in [1.165, 1.54) is 0 Å². The molecule has 0 radical (unpaired) electrons. The first kappa shape index (κ1) is 36.7.